The molecule has 0 spiro atoms. The van der Waals surface area contributed by atoms with Crippen molar-refractivity contribution in [1.29, 1.82) is 5.26 Å². The fraction of sp³-hybridized carbons (Fsp3) is 0.235. The van der Waals surface area contributed by atoms with Gasteiger partial charge in [0.15, 0.2) is 0 Å². The molecule has 0 aliphatic carbocycles. The van der Waals surface area contributed by atoms with Crippen molar-refractivity contribution in [2.45, 2.75) is 20.0 Å². The Kier molecular flexibility index (Phi) is 4.62. The van der Waals surface area contributed by atoms with E-state index < -0.39 is 0 Å². The molecule has 0 amide bonds. The molecule has 0 radical (unpaired) electrons. The molecule has 2 rings (SSSR count). The van der Waals surface area contributed by atoms with Gasteiger partial charge >= 0.3 is 0 Å². The van der Waals surface area contributed by atoms with Crippen molar-refractivity contribution in [3.8, 4) is 17.6 Å². The van der Waals surface area contributed by atoms with Crippen molar-refractivity contribution >= 4 is 0 Å². The molecule has 2 aromatic carbocycles. The second-order valence-corrected chi connectivity index (χ2v) is 4.44. The molecule has 102 valence electrons. The first kappa shape index (κ1) is 14.0. The Balaban J connectivity index is 2.09. The Morgan fingerprint density at radius 2 is 1.95 bits per heavy atom. The number of nitriles is 1. The van der Waals surface area contributed by atoms with E-state index in [9.17, 15) is 0 Å². The second-order valence-electron chi connectivity index (χ2n) is 4.44. The molecule has 0 atom stereocenters. The number of nitrogens with zero attached hydrogens (tertiary/aromatic N) is 1. The number of benzene rings is 2. The van der Waals surface area contributed by atoms with Crippen LogP contribution in [0.5, 0.6) is 11.5 Å². The molecule has 0 aliphatic rings. The molecule has 0 saturated carbocycles. The monoisotopic (exact) mass is 267 g/mol. The number of aryl methyl sites for hydroxylation is 1. The maximum Gasteiger partial charge on any atom is 0.136 e. The summed E-state index contributed by atoms with van der Waals surface area (Å²) >= 11 is 0. The van der Waals surface area contributed by atoms with Gasteiger partial charge in [-0.2, -0.15) is 5.26 Å². The largest absolute Gasteiger partial charge is 0.495 e. The predicted molar refractivity (Wildman–Crippen MR) is 77.9 cm³/mol. The van der Waals surface area contributed by atoms with Gasteiger partial charge in [-0.05, 0) is 41.8 Å². The Hall–Kier alpha value is -2.47. The molecular weight excluding hydrogens is 250 g/mol. The molecule has 3 nitrogen and oxygen atoms in total. The van der Waals surface area contributed by atoms with Crippen molar-refractivity contribution in [3.63, 3.8) is 0 Å². The minimum absolute atomic E-state index is 0.436. The van der Waals surface area contributed by atoms with Crippen molar-refractivity contribution < 1.29 is 9.47 Å². The molecule has 0 fully saturated rings. The van der Waals surface area contributed by atoms with Gasteiger partial charge in [-0.3, -0.25) is 0 Å². The molecule has 3 heteroatoms. The van der Waals surface area contributed by atoms with Gasteiger partial charge in [-0.25, -0.2) is 0 Å². The highest BCUT2D eigenvalue weighted by Crippen LogP contribution is 2.20. The molecule has 0 aromatic heterocycles. The van der Waals surface area contributed by atoms with Gasteiger partial charge in [0, 0.05) is 0 Å². The number of hydrogen-bond donors (Lipinski definition) is 0. The first-order valence-electron chi connectivity index (χ1n) is 6.55. The van der Waals surface area contributed by atoms with E-state index in [1.54, 1.807) is 19.2 Å². The van der Waals surface area contributed by atoms with Crippen LogP contribution in [0.4, 0.5) is 0 Å². The van der Waals surface area contributed by atoms with Crippen LogP contribution >= 0.6 is 0 Å². The van der Waals surface area contributed by atoms with Gasteiger partial charge in [0.1, 0.15) is 24.2 Å². The van der Waals surface area contributed by atoms with E-state index in [1.165, 1.54) is 5.56 Å². The average molecular weight is 267 g/mol. The van der Waals surface area contributed by atoms with Gasteiger partial charge in [0.25, 0.3) is 0 Å². The third kappa shape index (κ3) is 3.30. The molecule has 0 heterocycles. The zero-order chi connectivity index (χ0) is 14.4. The summed E-state index contributed by atoms with van der Waals surface area (Å²) in [5, 5.41) is 9.06. The first-order chi connectivity index (χ1) is 9.76. The molecular formula is C17H17NO2. The lowest BCUT2D eigenvalue weighted by Gasteiger charge is -2.09. The van der Waals surface area contributed by atoms with Crippen LogP contribution in [0, 0.1) is 11.3 Å². The zero-order valence-electron chi connectivity index (χ0n) is 11.7. The molecule has 0 saturated heterocycles. The Morgan fingerprint density at radius 1 is 1.10 bits per heavy atom. The Bertz CT molecular complexity index is 629. The van der Waals surface area contributed by atoms with Gasteiger partial charge in [-0.1, -0.05) is 25.1 Å². The number of rotatable bonds is 5. The van der Waals surface area contributed by atoms with Crippen LogP contribution in [0.1, 0.15) is 23.6 Å². The predicted octanol–water partition coefficient (Wildman–Crippen LogP) is 3.71. The minimum atomic E-state index is 0.436. The summed E-state index contributed by atoms with van der Waals surface area (Å²) in [6.45, 7) is 2.55. The molecule has 0 aliphatic heterocycles. The number of hydrogen-bond acceptors (Lipinski definition) is 3. The number of ether oxygens (including phenoxy) is 2. The minimum Gasteiger partial charge on any atom is -0.495 e. The van der Waals surface area contributed by atoms with E-state index in [4.69, 9.17) is 14.7 Å². The fourth-order valence-corrected chi connectivity index (χ4v) is 1.95. The van der Waals surface area contributed by atoms with Crippen molar-refractivity contribution in [1.82, 2.24) is 0 Å². The first-order valence-corrected chi connectivity index (χ1v) is 6.55. The molecule has 20 heavy (non-hydrogen) atoms. The standard InChI is InChI=1S/C17H17NO2/c1-3-13-5-4-6-16(10-13)20-12-14-7-8-17(19-2)15(9-14)11-18/h4-10H,3,12H2,1-2H3. The van der Waals surface area contributed by atoms with Crippen molar-refractivity contribution in [2.75, 3.05) is 7.11 Å². The van der Waals surface area contributed by atoms with Gasteiger partial charge in [0.05, 0.1) is 12.7 Å². The summed E-state index contributed by atoms with van der Waals surface area (Å²) in [5.74, 6) is 1.43. The van der Waals surface area contributed by atoms with Crippen LogP contribution in [-0.4, -0.2) is 7.11 Å². The SMILES string of the molecule is CCc1cccc(OCc2ccc(OC)c(C#N)c2)c1. The highest BCUT2D eigenvalue weighted by atomic mass is 16.5. The summed E-state index contributed by atoms with van der Waals surface area (Å²) < 4.78 is 10.9. The summed E-state index contributed by atoms with van der Waals surface area (Å²) in [6, 6.07) is 15.7. The highest BCUT2D eigenvalue weighted by Gasteiger charge is 2.04. The smallest absolute Gasteiger partial charge is 0.136 e. The maximum atomic E-state index is 9.06. The third-order valence-corrected chi connectivity index (χ3v) is 3.10. The van der Waals surface area contributed by atoms with E-state index in [0.717, 1.165) is 17.7 Å². The quantitative estimate of drug-likeness (QED) is 0.829. The normalized spacial score (nSPS) is 9.85. The van der Waals surface area contributed by atoms with Crippen molar-refractivity contribution in [3.05, 3.63) is 59.2 Å². The summed E-state index contributed by atoms with van der Waals surface area (Å²) in [4.78, 5) is 0. The lowest BCUT2D eigenvalue weighted by atomic mass is 10.1. The summed E-state index contributed by atoms with van der Waals surface area (Å²) in [6.07, 6.45) is 0.984. The van der Waals surface area contributed by atoms with Gasteiger partial charge in [-0.15, -0.1) is 0 Å². The van der Waals surface area contributed by atoms with E-state index in [0.29, 0.717) is 17.9 Å². The third-order valence-electron chi connectivity index (χ3n) is 3.10. The van der Waals surface area contributed by atoms with Crippen LogP contribution in [0.15, 0.2) is 42.5 Å². The Morgan fingerprint density at radius 3 is 2.65 bits per heavy atom. The fourth-order valence-electron chi connectivity index (χ4n) is 1.95. The van der Waals surface area contributed by atoms with E-state index in [-0.39, 0.29) is 0 Å². The van der Waals surface area contributed by atoms with E-state index in [2.05, 4.69) is 19.1 Å². The molecule has 0 unspecified atom stereocenters. The molecule has 0 bridgehead atoms. The van der Waals surface area contributed by atoms with Crippen LogP contribution in [0.25, 0.3) is 0 Å². The zero-order valence-corrected chi connectivity index (χ0v) is 11.7. The van der Waals surface area contributed by atoms with Gasteiger partial charge < -0.3 is 9.47 Å². The van der Waals surface area contributed by atoms with Crippen LogP contribution in [-0.2, 0) is 13.0 Å². The Labute approximate surface area is 119 Å². The van der Waals surface area contributed by atoms with Crippen molar-refractivity contribution in [2.24, 2.45) is 0 Å². The molecule has 2 aromatic rings. The van der Waals surface area contributed by atoms with Crippen LogP contribution in [0.3, 0.4) is 0 Å². The lowest BCUT2D eigenvalue weighted by molar-refractivity contribution is 0.305. The van der Waals surface area contributed by atoms with E-state index in [1.807, 2.05) is 24.3 Å². The number of methoxy groups -OCH3 is 1. The van der Waals surface area contributed by atoms with E-state index >= 15 is 0 Å². The average Bonchev–Trinajstić information content (AvgIpc) is 2.52. The summed E-state index contributed by atoms with van der Waals surface area (Å²) in [5.41, 5.74) is 2.72. The molecule has 0 N–H and O–H groups in total. The van der Waals surface area contributed by atoms with Gasteiger partial charge in [0.2, 0.25) is 0 Å². The lowest BCUT2D eigenvalue weighted by Crippen LogP contribution is -1.97. The second kappa shape index (κ2) is 6.63. The van der Waals surface area contributed by atoms with Crippen LogP contribution < -0.4 is 9.47 Å². The maximum absolute atomic E-state index is 9.06. The summed E-state index contributed by atoms with van der Waals surface area (Å²) in [7, 11) is 1.56. The highest BCUT2D eigenvalue weighted by molar-refractivity contribution is 5.45. The van der Waals surface area contributed by atoms with Crippen LogP contribution in [0.2, 0.25) is 0 Å². The topological polar surface area (TPSA) is 42.2 Å².